The normalized spacial score (nSPS) is 11.6. The fourth-order valence-electron chi connectivity index (χ4n) is 2.48. The predicted molar refractivity (Wildman–Crippen MR) is 86.9 cm³/mol. The van der Waals surface area contributed by atoms with Gasteiger partial charge in [0.2, 0.25) is 0 Å². The fraction of sp³-hybridized carbons (Fsp3) is 0.389. The quantitative estimate of drug-likeness (QED) is 0.822. The molecule has 3 nitrogen and oxygen atoms in total. The van der Waals surface area contributed by atoms with Crippen LogP contribution < -0.4 is 5.32 Å². The van der Waals surface area contributed by atoms with Gasteiger partial charge in [0.1, 0.15) is 5.82 Å². The molecule has 4 heteroatoms. The van der Waals surface area contributed by atoms with Crippen molar-refractivity contribution in [1.29, 1.82) is 0 Å². The zero-order chi connectivity index (χ0) is 16.0. The second-order valence-electron chi connectivity index (χ2n) is 5.54. The molecule has 0 saturated heterocycles. The molecular weight excluding hydrogens is 279 g/mol. The van der Waals surface area contributed by atoms with Gasteiger partial charge in [0.25, 0.3) is 0 Å². The average molecular weight is 302 g/mol. The third-order valence-electron chi connectivity index (χ3n) is 4.38. The van der Waals surface area contributed by atoms with E-state index in [0.29, 0.717) is 12.1 Å². The summed E-state index contributed by atoms with van der Waals surface area (Å²) >= 11 is 0. The summed E-state index contributed by atoms with van der Waals surface area (Å²) in [5.41, 5.74) is 2.05. The molecule has 0 spiro atoms. The van der Waals surface area contributed by atoms with Gasteiger partial charge in [-0.1, -0.05) is 26.0 Å². The molecule has 0 saturated carbocycles. The molecule has 2 aromatic rings. The fourth-order valence-corrected chi connectivity index (χ4v) is 2.48. The van der Waals surface area contributed by atoms with Gasteiger partial charge in [0.05, 0.1) is 6.61 Å². The van der Waals surface area contributed by atoms with Crippen LogP contribution in [0.4, 0.5) is 4.39 Å². The Morgan fingerprint density at radius 2 is 1.77 bits per heavy atom. The highest BCUT2D eigenvalue weighted by Gasteiger charge is 2.24. The second kappa shape index (κ2) is 7.47. The van der Waals surface area contributed by atoms with Gasteiger partial charge < -0.3 is 10.4 Å². The Morgan fingerprint density at radius 1 is 1.09 bits per heavy atom. The minimum absolute atomic E-state index is 0.0523. The van der Waals surface area contributed by atoms with Crippen molar-refractivity contribution in [1.82, 2.24) is 10.3 Å². The molecule has 0 fully saturated rings. The van der Waals surface area contributed by atoms with Gasteiger partial charge in [0.15, 0.2) is 0 Å². The summed E-state index contributed by atoms with van der Waals surface area (Å²) in [4.78, 5) is 3.97. The van der Waals surface area contributed by atoms with Gasteiger partial charge >= 0.3 is 0 Å². The van der Waals surface area contributed by atoms with E-state index in [9.17, 15) is 9.50 Å². The average Bonchev–Trinajstić information content (AvgIpc) is 2.58. The Balaban J connectivity index is 2.14. The van der Waals surface area contributed by atoms with Gasteiger partial charge in [-0.25, -0.2) is 4.39 Å². The van der Waals surface area contributed by atoms with E-state index in [0.717, 1.165) is 24.0 Å². The summed E-state index contributed by atoms with van der Waals surface area (Å²) in [6, 6.07) is 8.97. The summed E-state index contributed by atoms with van der Waals surface area (Å²) in [5, 5.41) is 12.9. The summed E-state index contributed by atoms with van der Waals surface area (Å²) < 4.78 is 14.3. The molecule has 22 heavy (non-hydrogen) atoms. The lowest BCUT2D eigenvalue weighted by atomic mass is 9.93. The number of hydrogen-bond acceptors (Lipinski definition) is 3. The molecule has 0 bridgehead atoms. The van der Waals surface area contributed by atoms with E-state index in [-0.39, 0.29) is 18.0 Å². The van der Waals surface area contributed by atoms with Crippen molar-refractivity contribution in [3.8, 4) is 11.1 Å². The maximum absolute atomic E-state index is 14.3. The zero-order valence-electron chi connectivity index (χ0n) is 13.1. The summed E-state index contributed by atoms with van der Waals surface area (Å²) in [7, 11) is 0. The molecule has 0 unspecified atom stereocenters. The van der Waals surface area contributed by atoms with Crippen LogP contribution in [-0.4, -0.2) is 22.2 Å². The lowest BCUT2D eigenvalue weighted by Crippen LogP contribution is -2.47. The van der Waals surface area contributed by atoms with E-state index in [1.54, 1.807) is 24.5 Å². The second-order valence-corrected chi connectivity index (χ2v) is 5.54. The van der Waals surface area contributed by atoms with E-state index in [1.165, 1.54) is 0 Å². The Kier molecular flexibility index (Phi) is 5.63. The predicted octanol–water partition coefficient (Wildman–Crippen LogP) is 3.53. The van der Waals surface area contributed by atoms with Crippen molar-refractivity contribution < 1.29 is 9.50 Å². The molecule has 0 atom stereocenters. The maximum Gasteiger partial charge on any atom is 0.128 e. The molecular formula is C18H23FN2O. The standard InChI is InChI=1S/C18H23FN2O/c1-3-18(4-2,13-22)21-12-16-6-5-15(11-17(16)19)14-7-9-20-10-8-14/h5-11,21-22H,3-4,12-13H2,1-2H3. The third kappa shape index (κ3) is 3.70. The number of aliphatic hydroxyl groups excluding tert-OH is 1. The Hall–Kier alpha value is -1.78. The molecule has 0 aliphatic rings. The van der Waals surface area contributed by atoms with E-state index in [2.05, 4.69) is 10.3 Å². The Labute approximate surface area is 131 Å². The lowest BCUT2D eigenvalue weighted by molar-refractivity contribution is 0.149. The molecule has 118 valence electrons. The van der Waals surface area contributed by atoms with Crippen LogP contribution in [-0.2, 0) is 6.54 Å². The van der Waals surface area contributed by atoms with Crippen LogP contribution in [0.5, 0.6) is 0 Å². The molecule has 1 heterocycles. The van der Waals surface area contributed by atoms with Crippen molar-refractivity contribution in [2.24, 2.45) is 0 Å². The van der Waals surface area contributed by atoms with Crippen molar-refractivity contribution in [3.05, 3.63) is 54.1 Å². The van der Waals surface area contributed by atoms with Crippen LogP contribution in [0.3, 0.4) is 0 Å². The number of nitrogens with one attached hydrogen (secondary N) is 1. The number of aromatic nitrogens is 1. The largest absolute Gasteiger partial charge is 0.394 e. The minimum Gasteiger partial charge on any atom is -0.394 e. The molecule has 0 aliphatic carbocycles. The number of benzene rings is 1. The van der Waals surface area contributed by atoms with Crippen LogP contribution in [0.25, 0.3) is 11.1 Å². The highest BCUT2D eigenvalue weighted by Crippen LogP contribution is 2.22. The zero-order valence-corrected chi connectivity index (χ0v) is 13.1. The van der Waals surface area contributed by atoms with Crippen LogP contribution in [0.15, 0.2) is 42.7 Å². The number of nitrogens with zero attached hydrogens (tertiary/aromatic N) is 1. The van der Waals surface area contributed by atoms with Crippen molar-refractivity contribution in [3.63, 3.8) is 0 Å². The maximum atomic E-state index is 14.3. The Morgan fingerprint density at radius 3 is 2.32 bits per heavy atom. The number of rotatable bonds is 7. The molecule has 1 aromatic carbocycles. The number of pyridine rings is 1. The number of hydrogen-bond donors (Lipinski definition) is 2. The lowest BCUT2D eigenvalue weighted by Gasteiger charge is -2.31. The van der Waals surface area contributed by atoms with E-state index >= 15 is 0 Å². The van der Waals surface area contributed by atoms with Gasteiger partial charge in [-0.3, -0.25) is 4.98 Å². The van der Waals surface area contributed by atoms with Crippen LogP contribution >= 0.6 is 0 Å². The minimum atomic E-state index is -0.337. The van der Waals surface area contributed by atoms with Gasteiger partial charge in [0, 0.05) is 30.0 Å². The topological polar surface area (TPSA) is 45.1 Å². The van der Waals surface area contributed by atoms with E-state index in [4.69, 9.17) is 0 Å². The molecule has 2 rings (SSSR count). The first-order valence-corrected chi connectivity index (χ1v) is 7.69. The first-order chi connectivity index (χ1) is 10.6. The van der Waals surface area contributed by atoms with Crippen molar-refractivity contribution in [2.45, 2.75) is 38.8 Å². The SMILES string of the molecule is CCC(CC)(CO)NCc1ccc(-c2ccncc2)cc1F. The van der Waals surface area contributed by atoms with Gasteiger partial charge in [-0.2, -0.15) is 0 Å². The smallest absolute Gasteiger partial charge is 0.128 e. The van der Waals surface area contributed by atoms with Crippen molar-refractivity contribution >= 4 is 0 Å². The van der Waals surface area contributed by atoms with Gasteiger partial charge in [-0.15, -0.1) is 0 Å². The monoisotopic (exact) mass is 302 g/mol. The van der Waals surface area contributed by atoms with Gasteiger partial charge in [-0.05, 0) is 42.2 Å². The summed E-state index contributed by atoms with van der Waals surface area (Å²) in [6.07, 6.45) is 5.00. The molecule has 2 N–H and O–H groups in total. The third-order valence-corrected chi connectivity index (χ3v) is 4.38. The number of aliphatic hydroxyl groups is 1. The van der Waals surface area contributed by atoms with Crippen molar-refractivity contribution in [2.75, 3.05) is 6.61 Å². The van der Waals surface area contributed by atoms with Crippen LogP contribution in [0.2, 0.25) is 0 Å². The first kappa shape index (κ1) is 16.6. The Bertz CT molecular complexity index is 589. The van der Waals surface area contributed by atoms with E-state index in [1.807, 2.05) is 32.0 Å². The van der Waals surface area contributed by atoms with Crippen LogP contribution in [0, 0.1) is 5.82 Å². The highest BCUT2D eigenvalue weighted by atomic mass is 19.1. The summed E-state index contributed by atoms with van der Waals surface area (Å²) in [6.45, 7) is 4.51. The number of halogens is 1. The first-order valence-electron chi connectivity index (χ1n) is 7.69. The molecule has 0 aliphatic heterocycles. The molecule has 0 amide bonds. The molecule has 1 aromatic heterocycles. The van der Waals surface area contributed by atoms with E-state index < -0.39 is 0 Å². The molecule has 0 radical (unpaired) electrons. The highest BCUT2D eigenvalue weighted by molar-refractivity contribution is 5.63. The summed E-state index contributed by atoms with van der Waals surface area (Å²) in [5.74, 6) is -0.235. The van der Waals surface area contributed by atoms with Crippen LogP contribution in [0.1, 0.15) is 32.3 Å².